The van der Waals surface area contributed by atoms with Crippen molar-refractivity contribution in [1.82, 2.24) is 0 Å². The van der Waals surface area contributed by atoms with Crippen LogP contribution in [0, 0.1) is 6.92 Å². The molecule has 0 aliphatic rings. The van der Waals surface area contributed by atoms with Crippen molar-refractivity contribution in [3.05, 3.63) is 54.1 Å². The molecule has 2 aromatic rings. The number of nitrogens with one attached hydrogen (secondary N) is 1. The molecule has 0 saturated heterocycles. The Bertz CT molecular complexity index is 593. The summed E-state index contributed by atoms with van der Waals surface area (Å²) >= 11 is 0. The summed E-state index contributed by atoms with van der Waals surface area (Å²) in [6.07, 6.45) is -0.655. The summed E-state index contributed by atoms with van der Waals surface area (Å²) in [5.41, 5.74) is 1.50. The van der Waals surface area contributed by atoms with Crippen molar-refractivity contribution in [1.29, 1.82) is 0 Å². The van der Waals surface area contributed by atoms with E-state index in [1.807, 2.05) is 31.2 Å². The first-order valence-electron chi connectivity index (χ1n) is 6.38. The molecule has 0 aliphatic carbocycles. The number of anilines is 1. The molecule has 20 heavy (non-hydrogen) atoms. The molecule has 0 fully saturated rings. The van der Waals surface area contributed by atoms with E-state index in [9.17, 15) is 9.90 Å². The van der Waals surface area contributed by atoms with Gasteiger partial charge in [0.05, 0.1) is 5.69 Å². The van der Waals surface area contributed by atoms with Crippen molar-refractivity contribution in [2.45, 2.75) is 20.0 Å². The van der Waals surface area contributed by atoms with E-state index < -0.39 is 6.10 Å². The number of aromatic hydroxyl groups is 1. The highest BCUT2D eigenvalue weighted by atomic mass is 16.5. The van der Waals surface area contributed by atoms with Gasteiger partial charge in [0.25, 0.3) is 5.91 Å². The predicted octanol–water partition coefficient (Wildman–Crippen LogP) is 3.11. The van der Waals surface area contributed by atoms with Gasteiger partial charge >= 0.3 is 0 Å². The molecular weight excluding hydrogens is 254 g/mol. The smallest absolute Gasteiger partial charge is 0.265 e. The van der Waals surface area contributed by atoms with Gasteiger partial charge in [0.1, 0.15) is 11.5 Å². The van der Waals surface area contributed by atoms with E-state index in [4.69, 9.17) is 4.74 Å². The molecule has 0 aromatic heterocycles. The highest BCUT2D eigenvalue weighted by Gasteiger charge is 2.15. The second kappa shape index (κ2) is 6.10. The summed E-state index contributed by atoms with van der Waals surface area (Å²) in [5.74, 6) is 0.353. The van der Waals surface area contributed by atoms with E-state index in [2.05, 4.69) is 5.32 Å². The van der Waals surface area contributed by atoms with E-state index in [1.54, 1.807) is 25.1 Å². The lowest BCUT2D eigenvalue weighted by atomic mass is 10.2. The first kappa shape index (κ1) is 13.9. The average molecular weight is 271 g/mol. The summed E-state index contributed by atoms with van der Waals surface area (Å²) < 4.78 is 5.55. The van der Waals surface area contributed by atoms with Crippen LogP contribution < -0.4 is 10.1 Å². The Balaban J connectivity index is 1.99. The third kappa shape index (κ3) is 3.51. The van der Waals surface area contributed by atoms with Crippen molar-refractivity contribution in [3.8, 4) is 11.5 Å². The predicted molar refractivity (Wildman–Crippen MR) is 78.0 cm³/mol. The SMILES string of the molecule is Cc1ccc(O[C@H](C)C(=O)Nc2ccccc2O)cc1. The molecule has 2 rings (SSSR count). The fourth-order valence-electron chi connectivity index (χ4n) is 1.69. The minimum atomic E-state index is -0.655. The van der Waals surface area contributed by atoms with Gasteiger partial charge in [-0.05, 0) is 38.1 Å². The summed E-state index contributed by atoms with van der Waals surface area (Å²) in [7, 11) is 0. The van der Waals surface area contributed by atoms with Crippen LogP contribution in [0.5, 0.6) is 11.5 Å². The number of aryl methyl sites for hydroxylation is 1. The standard InChI is InChI=1S/C16H17NO3/c1-11-7-9-13(10-8-11)20-12(2)16(19)17-14-5-3-4-6-15(14)18/h3-10,12,18H,1-2H3,(H,17,19)/t12-/m1/s1. The lowest BCUT2D eigenvalue weighted by Gasteiger charge is -2.15. The molecule has 0 saturated carbocycles. The van der Waals surface area contributed by atoms with Crippen LogP contribution in [-0.4, -0.2) is 17.1 Å². The van der Waals surface area contributed by atoms with Gasteiger partial charge in [-0.15, -0.1) is 0 Å². The Labute approximate surface area is 118 Å². The maximum absolute atomic E-state index is 12.0. The van der Waals surface area contributed by atoms with Crippen molar-refractivity contribution in [2.75, 3.05) is 5.32 Å². The Morgan fingerprint density at radius 2 is 1.80 bits per heavy atom. The minimum Gasteiger partial charge on any atom is -0.506 e. The Morgan fingerprint density at radius 3 is 2.45 bits per heavy atom. The maximum atomic E-state index is 12.0. The molecule has 0 unspecified atom stereocenters. The molecule has 104 valence electrons. The number of ether oxygens (including phenoxy) is 1. The van der Waals surface area contributed by atoms with E-state index in [0.29, 0.717) is 11.4 Å². The van der Waals surface area contributed by atoms with Crippen LogP contribution in [-0.2, 0) is 4.79 Å². The van der Waals surface area contributed by atoms with Crippen molar-refractivity contribution < 1.29 is 14.6 Å². The van der Waals surface area contributed by atoms with Crippen LogP contribution in [0.3, 0.4) is 0 Å². The van der Waals surface area contributed by atoms with Crippen LogP contribution in [0.1, 0.15) is 12.5 Å². The van der Waals surface area contributed by atoms with Crippen LogP contribution in [0.15, 0.2) is 48.5 Å². The largest absolute Gasteiger partial charge is 0.506 e. The molecule has 1 atom stereocenters. The van der Waals surface area contributed by atoms with Gasteiger partial charge in [0, 0.05) is 0 Å². The number of benzene rings is 2. The van der Waals surface area contributed by atoms with Gasteiger partial charge in [0.15, 0.2) is 6.10 Å². The molecule has 2 N–H and O–H groups in total. The first-order valence-corrected chi connectivity index (χ1v) is 6.38. The zero-order chi connectivity index (χ0) is 14.5. The molecule has 1 amide bonds. The summed E-state index contributed by atoms with van der Waals surface area (Å²) in [5, 5.41) is 12.2. The summed E-state index contributed by atoms with van der Waals surface area (Å²) in [4.78, 5) is 12.0. The third-order valence-corrected chi connectivity index (χ3v) is 2.86. The quantitative estimate of drug-likeness (QED) is 0.840. The fourth-order valence-corrected chi connectivity index (χ4v) is 1.69. The minimum absolute atomic E-state index is 0.0309. The molecule has 4 nitrogen and oxygen atoms in total. The zero-order valence-corrected chi connectivity index (χ0v) is 11.5. The number of amides is 1. The van der Waals surface area contributed by atoms with Gasteiger partial charge in [0.2, 0.25) is 0 Å². The Morgan fingerprint density at radius 1 is 1.15 bits per heavy atom. The first-order chi connectivity index (χ1) is 9.56. The van der Waals surface area contributed by atoms with Crippen LogP contribution in [0.2, 0.25) is 0 Å². The topological polar surface area (TPSA) is 58.6 Å². The van der Waals surface area contributed by atoms with Gasteiger partial charge in [-0.25, -0.2) is 0 Å². The monoisotopic (exact) mass is 271 g/mol. The summed E-state index contributed by atoms with van der Waals surface area (Å²) in [6, 6.07) is 14.1. The molecular formula is C16H17NO3. The molecule has 0 aliphatic heterocycles. The van der Waals surface area contributed by atoms with Crippen LogP contribution >= 0.6 is 0 Å². The molecule has 0 radical (unpaired) electrons. The number of phenolic OH excluding ortho intramolecular Hbond substituents is 1. The molecule has 0 heterocycles. The number of rotatable bonds is 4. The number of hydrogen-bond donors (Lipinski definition) is 2. The molecule has 2 aromatic carbocycles. The number of phenols is 1. The molecule has 0 bridgehead atoms. The van der Waals surface area contributed by atoms with E-state index in [0.717, 1.165) is 5.56 Å². The highest BCUT2D eigenvalue weighted by molar-refractivity contribution is 5.95. The molecule has 4 heteroatoms. The van der Waals surface area contributed by atoms with Gasteiger partial charge in [-0.3, -0.25) is 4.79 Å². The van der Waals surface area contributed by atoms with Crippen molar-refractivity contribution in [2.24, 2.45) is 0 Å². The normalized spacial score (nSPS) is 11.7. The van der Waals surface area contributed by atoms with Crippen molar-refractivity contribution in [3.63, 3.8) is 0 Å². The van der Waals surface area contributed by atoms with E-state index >= 15 is 0 Å². The van der Waals surface area contributed by atoms with Crippen LogP contribution in [0.25, 0.3) is 0 Å². The average Bonchev–Trinajstić information content (AvgIpc) is 2.44. The zero-order valence-electron chi connectivity index (χ0n) is 11.5. The van der Waals surface area contributed by atoms with E-state index in [1.165, 1.54) is 6.07 Å². The lowest BCUT2D eigenvalue weighted by Crippen LogP contribution is -2.30. The number of carbonyl (C=O) groups is 1. The summed E-state index contributed by atoms with van der Waals surface area (Å²) in [6.45, 7) is 3.65. The van der Waals surface area contributed by atoms with Crippen LogP contribution in [0.4, 0.5) is 5.69 Å². The lowest BCUT2D eigenvalue weighted by molar-refractivity contribution is -0.122. The Kier molecular flexibility index (Phi) is 4.25. The second-order valence-electron chi connectivity index (χ2n) is 4.58. The van der Waals surface area contributed by atoms with Gasteiger partial charge in [-0.2, -0.15) is 0 Å². The number of hydrogen-bond acceptors (Lipinski definition) is 3. The number of para-hydroxylation sites is 2. The maximum Gasteiger partial charge on any atom is 0.265 e. The fraction of sp³-hybridized carbons (Fsp3) is 0.188. The molecule has 0 spiro atoms. The highest BCUT2D eigenvalue weighted by Crippen LogP contribution is 2.22. The number of carbonyl (C=O) groups excluding carboxylic acids is 1. The second-order valence-corrected chi connectivity index (χ2v) is 4.58. The van der Waals surface area contributed by atoms with Crippen molar-refractivity contribution >= 4 is 11.6 Å². The van der Waals surface area contributed by atoms with Gasteiger partial charge < -0.3 is 15.2 Å². The van der Waals surface area contributed by atoms with E-state index in [-0.39, 0.29) is 11.7 Å². The third-order valence-electron chi connectivity index (χ3n) is 2.86. The van der Waals surface area contributed by atoms with Gasteiger partial charge in [-0.1, -0.05) is 29.8 Å². The Hall–Kier alpha value is -2.49.